The fraction of sp³-hybridized carbons (Fsp3) is 0.571. The second-order valence-electron chi connectivity index (χ2n) is 5.90. The Hall–Kier alpha value is -2.56. The van der Waals surface area contributed by atoms with Crippen molar-refractivity contribution in [3.05, 3.63) is 25.3 Å². The van der Waals surface area contributed by atoms with Gasteiger partial charge in [-0.15, -0.1) is 0 Å². The van der Waals surface area contributed by atoms with E-state index in [1.807, 2.05) is 0 Å². The van der Waals surface area contributed by atoms with Crippen molar-refractivity contribution < 1.29 is 80.5 Å². The van der Waals surface area contributed by atoms with Crippen LogP contribution in [0.1, 0.15) is 0 Å². The van der Waals surface area contributed by atoms with Gasteiger partial charge in [-0.25, -0.2) is 18.4 Å². The van der Waals surface area contributed by atoms with Crippen LogP contribution in [0.15, 0.2) is 25.3 Å². The average Bonchev–Trinajstić information content (AvgIpc) is 2.63. The molecule has 0 N–H and O–H groups in total. The van der Waals surface area contributed by atoms with Crippen LogP contribution in [0.2, 0.25) is 0 Å². The number of ether oxygens (including phenoxy) is 2. The van der Waals surface area contributed by atoms with E-state index in [1.54, 1.807) is 0 Å². The smallest absolute Gasteiger partial charge is 0.395 e. The number of carbonyl (C=O) groups excluding carboxylic acids is 2. The van der Waals surface area contributed by atoms with Crippen molar-refractivity contribution in [2.45, 2.75) is 47.2 Å². The zero-order chi connectivity index (χ0) is 26.0. The van der Waals surface area contributed by atoms with Gasteiger partial charge in [0.25, 0.3) is 0 Å². The molecule has 0 spiro atoms. The van der Waals surface area contributed by atoms with E-state index in [0.717, 1.165) is 0 Å². The van der Waals surface area contributed by atoms with Gasteiger partial charge in [-0.3, -0.25) is 0 Å². The largest absolute Gasteiger partial charge is 0.445 e. The number of halogens is 14. The molecule has 0 aromatic heterocycles. The summed E-state index contributed by atoms with van der Waals surface area (Å²) in [5.41, 5.74) is -16.4. The summed E-state index contributed by atoms with van der Waals surface area (Å²) in [6.07, 6.45) is -16.0. The number of alkyl halides is 14. The van der Waals surface area contributed by atoms with Crippen LogP contribution in [0.3, 0.4) is 0 Å². The highest BCUT2D eigenvalue weighted by atomic mass is 19.4. The topological polar surface area (TPSA) is 52.6 Å². The first kappa shape index (κ1) is 27.5. The quantitative estimate of drug-likeness (QED) is 0.302. The molecule has 184 valence electrons. The highest BCUT2D eigenvalue weighted by Crippen LogP contribution is 2.74. The lowest BCUT2D eigenvalue weighted by molar-refractivity contribution is -0.535. The van der Waals surface area contributed by atoms with Gasteiger partial charge in [0.05, 0.1) is 0 Å². The first-order valence-corrected chi connectivity index (χ1v) is 7.26. The molecule has 32 heavy (non-hydrogen) atoms. The minimum Gasteiger partial charge on any atom is -0.395 e. The Morgan fingerprint density at radius 2 is 0.781 bits per heavy atom. The Bertz CT molecular complexity index is 769. The van der Waals surface area contributed by atoms with E-state index in [1.165, 1.54) is 0 Å². The van der Waals surface area contributed by atoms with Crippen molar-refractivity contribution in [3.8, 4) is 0 Å². The van der Waals surface area contributed by atoms with Gasteiger partial charge in [0.1, 0.15) is 0 Å². The van der Waals surface area contributed by atoms with Gasteiger partial charge >= 0.3 is 59.2 Å². The fourth-order valence-electron chi connectivity index (χ4n) is 2.50. The Balaban J connectivity index is 4.27. The molecule has 0 saturated heterocycles. The van der Waals surface area contributed by atoms with Crippen LogP contribution in [-0.4, -0.2) is 59.2 Å². The third-order valence-electron chi connectivity index (χ3n) is 4.12. The molecule has 1 fully saturated rings. The van der Waals surface area contributed by atoms with Crippen molar-refractivity contribution >= 4 is 11.9 Å². The molecule has 0 heterocycles. The Kier molecular flexibility index (Phi) is 5.98. The average molecular weight is 504 g/mol. The number of hydrogen-bond donors (Lipinski definition) is 0. The van der Waals surface area contributed by atoms with Crippen molar-refractivity contribution in [2.75, 3.05) is 0 Å². The molecule has 0 aromatic carbocycles. The molecule has 0 radical (unpaired) electrons. The van der Waals surface area contributed by atoms with Crippen LogP contribution >= 0.6 is 0 Å². The number of rotatable bonds is 6. The van der Waals surface area contributed by atoms with Crippen molar-refractivity contribution in [2.24, 2.45) is 0 Å². The first-order valence-electron chi connectivity index (χ1n) is 7.26. The molecule has 0 bridgehead atoms. The molecule has 4 nitrogen and oxygen atoms in total. The summed E-state index contributed by atoms with van der Waals surface area (Å²) in [4.78, 5) is 21.6. The molecule has 1 saturated carbocycles. The summed E-state index contributed by atoms with van der Waals surface area (Å²) in [7, 11) is 0. The van der Waals surface area contributed by atoms with Crippen LogP contribution in [0, 0.1) is 0 Å². The third-order valence-corrected chi connectivity index (χ3v) is 4.12. The van der Waals surface area contributed by atoms with Gasteiger partial charge in [0, 0.05) is 12.2 Å². The van der Waals surface area contributed by atoms with Crippen molar-refractivity contribution in [3.63, 3.8) is 0 Å². The van der Waals surface area contributed by atoms with Gasteiger partial charge in [-0.1, -0.05) is 13.2 Å². The van der Waals surface area contributed by atoms with Gasteiger partial charge in [-0.2, -0.15) is 52.7 Å². The van der Waals surface area contributed by atoms with Crippen LogP contribution in [-0.2, 0) is 19.1 Å². The lowest BCUT2D eigenvalue weighted by Gasteiger charge is -2.56. The van der Waals surface area contributed by atoms with E-state index < -0.39 is 71.3 Å². The summed E-state index contributed by atoms with van der Waals surface area (Å²) < 4.78 is 201. The molecule has 18 heteroatoms. The van der Waals surface area contributed by atoms with Gasteiger partial charge in [-0.05, 0) is 0 Å². The lowest BCUT2D eigenvalue weighted by atomic mass is 9.64. The van der Waals surface area contributed by atoms with Crippen molar-refractivity contribution in [1.29, 1.82) is 0 Å². The number of esters is 2. The van der Waals surface area contributed by atoms with E-state index in [4.69, 9.17) is 0 Å². The van der Waals surface area contributed by atoms with E-state index in [0.29, 0.717) is 0 Å². The molecule has 2 unspecified atom stereocenters. The molecule has 0 amide bonds. The molecule has 0 aromatic rings. The summed E-state index contributed by atoms with van der Waals surface area (Å²) in [5.74, 6) is -38.2. The molecule has 2 atom stereocenters. The van der Waals surface area contributed by atoms with Crippen molar-refractivity contribution in [1.82, 2.24) is 0 Å². The molecular weight excluding hydrogens is 498 g/mol. The first-order chi connectivity index (χ1) is 13.9. The van der Waals surface area contributed by atoms with Crippen LogP contribution in [0.4, 0.5) is 61.5 Å². The van der Waals surface area contributed by atoms with Crippen LogP contribution < -0.4 is 0 Å². The standard InChI is InChI=1S/C14H6F14O4/c1-3-5(29)31-13(25,26)7(15)8(16,14(27,28)32-6(30)4-2)10(19,20)12(23,24)11(21,22)9(7,17)18/h3-4H,1-2H2. The van der Waals surface area contributed by atoms with Gasteiger partial charge in [0.2, 0.25) is 0 Å². The lowest BCUT2D eigenvalue weighted by Crippen LogP contribution is -2.92. The Morgan fingerprint density at radius 1 is 0.562 bits per heavy atom. The highest BCUT2D eigenvalue weighted by Gasteiger charge is 3.09. The van der Waals surface area contributed by atoms with Crippen LogP contribution in [0.5, 0.6) is 0 Å². The third kappa shape index (κ3) is 2.76. The molecule has 0 aliphatic heterocycles. The summed E-state index contributed by atoms with van der Waals surface area (Å²) in [5, 5.41) is 0. The Morgan fingerprint density at radius 3 is 0.969 bits per heavy atom. The maximum atomic E-state index is 14.9. The van der Waals surface area contributed by atoms with Crippen LogP contribution in [0.25, 0.3) is 0 Å². The molecule has 1 aliphatic carbocycles. The van der Waals surface area contributed by atoms with Gasteiger partial charge in [0.15, 0.2) is 0 Å². The fourth-order valence-corrected chi connectivity index (χ4v) is 2.50. The summed E-state index contributed by atoms with van der Waals surface area (Å²) >= 11 is 0. The second-order valence-corrected chi connectivity index (χ2v) is 5.90. The van der Waals surface area contributed by atoms with E-state index in [-0.39, 0.29) is 0 Å². The SMILES string of the molecule is C=CC(=O)OC(F)(F)C1(F)C(F)(F)C(F)(F)C(F)(F)C(F)(F)C1(F)C(F)(F)OC(=O)C=C. The van der Waals surface area contributed by atoms with E-state index >= 15 is 0 Å². The molecule has 1 aliphatic rings. The zero-order valence-electron chi connectivity index (χ0n) is 14.5. The zero-order valence-corrected chi connectivity index (χ0v) is 14.5. The maximum absolute atomic E-state index is 14.9. The van der Waals surface area contributed by atoms with E-state index in [2.05, 4.69) is 22.6 Å². The van der Waals surface area contributed by atoms with Gasteiger partial charge < -0.3 is 9.47 Å². The maximum Gasteiger partial charge on any atom is 0.445 e. The predicted molar refractivity (Wildman–Crippen MR) is 69.9 cm³/mol. The number of carbonyl (C=O) groups is 2. The monoisotopic (exact) mass is 504 g/mol. The van der Waals surface area contributed by atoms with E-state index in [9.17, 15) is 71.1 Å². The second kappa shape index (κ2) is 6.97. The minimum absolute atomic E-state index is 0.515. The summed E-state index contributed by atoms with van der Waals surface area (Å²) in [6.45, 7) is 4.62. The molecular formula is C14H6F14O4. The molecule has 1 rings (SSSR count). The minimum atomic E-state index is -8.22. The number of hydrogen-bond acceptors (Lipinski definition) is 4. The predicted octanol–water partition coefficient (Wildman–Crippen LogP) is 4.60. The normalized spacial score (nSPS) is 30.7. The highest BCUT2D eigenvalue weighted by molar-refractivity contribution is 5.82. The Labute approximate surface area is 166 Å². The summed E-state index contributed by atoms with van der Waals surface area (Å²) in [6, 6.07) is 0.